The van der Waals surface area contributed by atoms with Crippen molar-refractivity contribution in [3.8, 4) is 17.2 Å². The van der Waals surface area contributed by atoms with Gasteiger partial charge in [0.1, 0.15) is 11.9 Å². The molecule has 2 nitrogen and oxygen atoms in total. The molecule has 0 aliphatic rings. The molecule has 0 aliphatic heterocycles. The summed E-state index contributed by atoms with van der Waals surface area (Å²) in [6.07, 6.45) is -0.193. The van der Waals surface area contributed by atoms with Crippen molar-refractivity contribution in [3.05, 3.63) is 53.6 Å². The van der Waals surface area contributed by atoms with Gasteiger partial charge in [0.05, 0.1) is 5.56 Å². The van der Waals surface area contributed by atoms with Crippen LogP contribution in [0.2, 0.25) is 0 Å². The molecule has 0 spiro atoms. The van der Waals surface area contributed by atoms with Crippen LogP contribution in [0.15, 0.2) is 36.7 Å². The lowest BCUT2D eigenvalue weighted by Gasteiger charge is -2.05. The summed E-state index contributed by atoms with van der Waals surface area (Å²) in [4.78, 5) is 3.69. The monoisotopic (exact) mass is 248 g/mol. The topological polar surface area (TPSA) is 36.7 Å². The van der Waals surface area contributed by atoms with Gasteiger partial charge in [-0.05, 0) is 23.8 Å². The molecular formula is C13H7F3N2. The summed E-state index contributed by atoms with van der Waals surface area (Å²) in [7, 11) is 0. The molecule has 5 heteroatoms. The highest BCUT2D eigenvalue weighted by molar-refractivity contribution is 5.64. The van der Waals surface area contributed by atoms with E-state index >= 15 is 0 Å². The van der Waals surface area contributed by atoms with Crippen LogP contribution in [0.5, 0.6) is 0 Å². The fraction of sp³-hybridized carbons (Fsp3) is 0.0769. The Morgan fingerprint density at radius 3 is 2.50 bits per heavy atom. The molecule has 0 bridgehead atoms. The standard InChI is InChI=1S/C13H7F3N2/c14-12-4-8(1-2-9(12)5-17)10-3-11(13(15)16)7-18-6-10/h1-4,6-7,13H. The summed E-state index contributed by atoms with van der Waals surface area (Å²) in [5.41, 5.74) is 0.478. The SMILES string of the molecule is N#Cc1ccc(-c2cncc(C(F)F)c2)cc1F. The van der Waals surface area contributed by atoms with Gasteiger partial charge < -0.3 is 0 Å². The maximum Gasteiger partial charge on any atom is 0.265 e. The quantitative estimate of drug-likeness (QED) is 0.812. The molecule has 2 rings (SSSR count). The van der Waals surface area contributed by atoms with Crippen molar-refractivity contribution in [2.24, 2.45) is 0 Å². The van der Waals surface area contributed by atoms with Crippen LogP contribution in [0.3, 0.4) is 0 Å². The molecule has 0 aliphatic carbocycles. The second-order valence-electron chi connectivity index (χ2n) is 3.61. The van der Waals surface area contributed by atoms with Gasteiger partial charge in [-0.1, -0.05) is 6.07 Å². The molecule has 0 unspecified atom stereocenters. The number of alkyl halides is 2. The second-order valence-corrected chi connectivity index (χ2v) is 3.61. The number of rotatable bonds is 2. The van der Waals surface area contributed by atoms with Gasteiger partial charge in [-0.2, -0.15) is 5.26 Å². The van der Waals surface area contributed by atoms with Gasteiger partial charge in [0, 0.05) is 23.5 Å². The van der Waals surface area contributed by atoms with Gasteiger partial charge in [-0.25, -0.2) is 13.2 Å². The van der Waals surface area contributed by atoms with Crippen LogP contribution in [0.4, 0.5) is 13.2 Å². The molecule has 1 aromatic carbocycles. The lowest BCUT2D eigenvalue weighted by molar-refractivity contribution is 0.151. The third kappa shape index (κ3) is 2.33. The van der Waals surface area contributed by atoms with Crippen molar-refractivity contribution >= 4 is 0 Å². The molecule has 2 aromatic rings. The van der Waals surface area contributed by atoms with Crippen LogP contribution in [0, 0.1) is 17.1 Å². The maximum atomic E-state index is 13.4. The number of halogens is 3. The lowest BCUT2D eigenvalue weighted by atomic mass is 10.0. The smallest absolute Gasteiger partial charge is 0.264 e. The Labute approximate surface area is 101 Å². The van der Waals surface area contributed by atoms with Gasteiger partial charge in [0.15, 0.2) is 0 Å². The summed E-state index contributed by atoms with van der Waals surface area (Å²) in [5, 5.41) is 8.60. The van der Waals surface area contributed by atoms with Crippen molar-refractivity contribution < 1.29 is 13.2 Å². The Balaban J connectivity index is 2.46. The van der Waals surface area contributed by atoms with E-state index < -0.39 is 12.2 Å². The van der Waals surface area contributed by atoms with Crippen molar-refractivity contribution in [3.63, 3.8) is 0 Å². The van der Waals surface area contributed by atoms with Crippen LogP contribution in [0.25, 0.3) is 11.1 Å². The van der Waals surface area contributed by atoms with Gasteiger partial charge >= 0.3 is 0 Å². The largest absolute Gasteiger partial charge is 0.265 e. The lowest BCUT2D eigenvalue weighted by Crippen LogP contribution is -1.90. The van der Waals surface area contributed by atoms with Crippen molar-refractivity contribution in [1.29, 1.82) is 5.26 Å². The number of hydrogen-bond acceptors (Lipinski definition) is 2. The van der Waals surface area contributed by atoms with Crippen molar-refractivity contribution in [2.45, 2.75) is 6.43 Å². The second kappa shape index (κ2) is 4.88. The molecule has 0 amide bonds. The molecule has 0 saturated heterocycles. The van der Waals surface area contributed by atoms with Crippen molar-refractivity contribution in [1.82, 2.24) is 4.98 Å². The zero-order valence-electron chi connectivity index (χ0n) is 9.07. The maximum absolute atomic E-state index is 13.4. The van der Waals surface area contributed by atoms with Crippen LogP contribution >= 0.6 is 0 Å². The molecule has 90 valence electrons. The highest BCUT2D eigenvalue weighted by atomic mass is 19.3. The Kier molecular flexibility index (Phi) is 3.28. The first-order chi connectivity index (χ1) is 8.61. The molecule has 0 atom stereocenters. The molecule has 0 fully saturated rings. The molecule has 0 saturated carbocycles. The van der Waals surface area contributed by atoms with E-state index in [9.17, 15) is 13.2 Å². The van der Waals surface area contributed by atoms with E-state index in [-0.39, 0.29) is 11.1 Å². The van der Waals surface area contributed by atoms with Crippen LogP contribution < -0.4 is 0 Å². The molecular weight excluding hydrogens is 241 g/mol. The van der Waals surface area contributed by atoms with Gasteiger partial charge in [0.2, 0.25) is 0 Å². The predicted octanol–water partition coefficient (Wildman–Crippen LogP) is 3.70. The first-order valence-corrected chi connectivity index (χ1v) is 5.05. The summed E-state index contributed by atoms with van der Waals surface area (Å²) < 4.78 is 38.4. The molecule has 0 radical (unpaired) electrons. The number of aromatic nitrogens is 1. The van der Waals surface area contributed by atoms with E-state index in [4.69, 9.17) is 5.26 Å². The van der Waals surface area contributed by atoms with Gasteiger partial charge in [-0.3, -0.25) is 4.98 Å². The molecule has 1 heterocycles. The Morgan fingerprint density at radius 1 is 1.11 bits per heavy atom. The van der Waals surface area contributed by atoms with Crippen LogP contribution in [0.1, 0.15) is 17.6 Å². The number of benzene rings is 1. The number of nitriles is 1. The summed E-state index contributed by atoms with van der Waals surface area (Å²) in [6, 6.07) is 6.87. The van der Waals surface area contributed by atoms with Crippen molar-refractivity contribution in [2.75, 3.05) is 0 Å². The van der Waals surface area contributed by atoms with Crippen LogP contribution in [-0.2, 0) is 0 Å². The fourth-order valence-electron chi connectivity index (χ4n) is 1.52. The van der Waals surface area contributed by atoms with E-state index in [0.29, 0.717) is 11.1 Å². The van der Waals surface area contributed by atoms with E-state index in [0.717, 1.165) is 12.3 Å². The molecule has 1 aromatic heterocycles. The fourth-order valence-corrected chi connectivity index (χ4v) is 1.52. The summed E-state index contributed by atoms with van der Waals surface area (Å²) in [5.74, 6) is -0.683. The van der Waals surface area contributed by atoms with E-state index in [2.05, 4.69) is 4.98 Å². The zero-order chi connectivity index (χ0) is 13.1. The Hall–Kier alpha value is -2.35. The predicted molar refractivity (Wildman–Crippen MR) is 59.3 cm³/mol. The average molecular weight is 248 g/mol. The normalized spacial score (nSPS) is 10.4. The minimum atomic E-state index is -2.62. The minimum Gasteiger partial charge on any atom is -0.264 e. The summed E-state index contributed by atoms with van der Waals surface area (Å²) in [6.45, 7) is 0. The highest BCUT2D eigenvalue weighted by Crippen LogP contribution is 2.25. The first-order valence-electron chi connectivity index (χ1n) is 5.05. The van der Waals surface area contributed by atoms with Crippen LogP contribution in [-0.4, -0.2) is 4.98 Å². The van der Waals surface area contributed by atoms with Gasteiger partial charge in [-0.15, -0.1) is 0 Å². The van der Waals surface area contributed by atoms with E-state index in [1.54, 1.807) is 6.07 Å². The van der Waals surface area contributed by atoms with E-state index in [1.807, 2.05) is 0 Å². The third-order valence-electron chi connectivity index (χ3n) is 2.43. The first kappa shape index (κ1) is 12.1. The zero-order valence-corrected chi connectivity index (χ0v) is 9.07. The van der Waals surface area contributed by atoms with E-state index in [1.165, 1.54) is 24.4 Å². The highest BCUT2D eigenvalue weighted by Gasteiger charge is 2.10. The average Bonchev–Trinajstić information content (AvgIpc) is 2.38. The number of nitrogens with zero attached hydrogens (tertiary/aromatic N) is 2. The summed E-state index contributed by atoms with van der Waals surface area (Å²) >= 11 is 0. The Morgan fingerprint density at radius 2 is 1.89 bits per heavy atom. The third-order valence-corrected chi connectivity index (χ3v) is 2.43. The Bertz CT molecular complexity index is 618. The van der Waals surface area contributed by atoms with Gasteiger partial charge in [0.25, 0.3) is 6.43 Å². The minimum absolute atomic E-state index is 0.0864. The number of hydrogen-bond donors (Lipinski definition) is 0. The molecule has 0 N–H and O–H groups in total. The number of pyridine rings is 1. The molecule has 18 heavy (non-hydrogen) atoms.